The Bertz CT molecular complexity index is 2370. The van der Waals surface area contributed by atoms with E-state index in [1.807, 2.05) is 30.5 Å². The van der Waals surface area contributed by atoms with Gasteiger partial charge in [-0.25, -0.2) is 9.97 Å². The molecule has 3 nitrogen and oxygen atoms in total. The summed E-state index contributed by atoms with van der Waals surface area (Å²) in [5, 5.41) is 2.62. The van der Waals surface area contributed by atoms with Gasteiger partial charge >= 0.3 is 0 Å². The van der Waals surface area contributed by atoms with Crippen molar-refractivity contribution in [3.05, 3.63) is 164 Å². The number of hydrogen-bond donors (Lipinski definition) is 0. The van der Waals surface area contributed by atoms with E-state index in [0.29, 0.717) is 5.82 Å². The molecular formula is C43H27N3. The highest BCUT2D eigenvalue weighted by atomic mass is 14.9. The molecule has 0 aliphatic heterocycles. The summed E-state index contributed by atoms with van der Waals surface area (Å²) in [5.41, 5.74) is 14.6. The maximum absolute atomic E-state index is 5.09. The summed E-state index contributed by atoms with van der Waals surface area (Å²) in [6.45, 7) is 0. The first-order valence-electron chi connectivity index (χ1n) is 15.5. The van der Waals surface area contributed by atoms with Crippen molar-refractivity contribution in [2.45, 2.75) is 0 Å². The van der Waals surface area contributed by atoms with Crippen LogP contribution in [-0.2, 0) is 0 Å². The van der Waals surface area contributed by atoms with Gasteiger partial charge in [0.25, 0.3) is 0 Å². The highest BCUT2D eigenvalue weighted by Crippen LogP contribution is 2.49. The Hall–Kier alpha value is -6.19. The SMILES string of the molecule is c1ccc(-c2nc(-c3ccc(-c4ccc5c6c(cccc46)-c4ccccc4-5)cc3)cc(-c3ccccc3-c3cccnc3)n2)cc1. The minimum Gasteiger partial charge on any atom is -0.264 e. The molecule has 214 valence electrons. The Morgan fingerprint density at radius 1 is 0.348 bits per heavy atom. The largest absolute Gasteiger partial charge is 0.264 e. The van der Waals surface area contributed by atoms with Crippen molar-refractivity contribution in [1.82, 2.24) is 15.0 Å². The summed E-state index contributed by atoms with van der Waals surface area (Å²) >= 11 is 0. The summed E-state index contributed by atoms with van der Waals surface area (Å²) in [7, 11) is 0. The highest BCUT2D eigenvalue weighted by molar-refractivity contribution is 6.18. The molecular weight excluding hydrogens is 558 g/mol. The van der Waals surface area contributed by atoms with E-state index in [9.17, 15) is 0 Å². The van der Waals surface area contributed by atoms with E-state index in [2.05, 4.69) is 132 Å². The lowest BCUT2D eigenvalue weighted by Crippen LogP contribution is -1.97. The first kappa shape index (κ1) is 26.2. The van der Waals surface area contributed by atoms with Crippen molar-refractivity contribution in [3.63, 3.8) is 0 Å². The molecule has 46 heavy (non-hydrogen) atoms. The monoisotopic (exact) mass is 585 g/mol. The molecule has 0 bridgehead atoms. The zero-order valence-electron chi connectivity index (χ0n) is 24.9. The Morgan fingerprint density at radius 2 is 0.957 bits per heavy atom. The van der Waals surface area contributed by atoms with Gasteiger partial charge in [-0.3, -0.25) is 4.98 Å². The summed E-state index contributed by atoms with van der Waals surface area (Å²) in [4.78, 5) is 14.5. The molecule has 1 aliphatic carbocycles. The van der Waals surface area contributed by atoms with Crippen molar-refractivity contribution in [2.75, 3.05) is 0 Å². The molecule has 0 atom stereocenters. The molecule has 2 heterocycles. The molecule has 1 aliphatic rings. The van der Waals surface area contributed by atoms with Crippen LogP contribution in [0.25, 0.3) is 89.2 Å². The molecule has 0 saturated heterocycles. The number of fused-ring (bicyclic) bond motifs is 3. The molecule has 3 heteroatoms. The normalized spacial score (nSPS) is 11.5. The van der Waals surface area contributed by atoms with Gasteiger partial charge in [0.1, 0.15) is 0 Å². The number of nitrogens with zero attached hydrogens (tertiary/aromatic N) is 3. The predicted octanol–water partition coefficient (Wildman–Crippen LogP) is 11.0. The second-order valence-electron chi connectivity index (χ2n) is 11.6. The maximum atomic E-state index is 5.09. The topological polar surface area (TPSA) is 38.7 Å². The molecule has 0 saturated carbocycles. The number of rotatable bonds is 5. The average Bonchev–Trinajstić information content (AvgIpc) is 3.47. The van der Waals surface area contributed by atoms with E-state index in [0.717, 1.165) is 39.2 Å². The fraction of sp³-hybridized carbons (Fsp3) is 0. The molecule has 0 amide bonds. The van der Waals surface area contributed by atoms with Gasteiger partial charge in [-0.05, 0) is 61.8 Å². The third-order valence-electron chi connectivity index (χ3n) is 8.97. The van der Waals surface area contributed by atoms with Crippen molar-refractivity contribution in [3.8, 4) is 78.4 Å². The van der Waals surface area contributed by atoms with Crippen LogP contribution in [0.2, 0.25) is 0 Å². The van der Waals surface area contributed by atoms with E-state index < -0.39 is 0 Å². The first-order valence-corrected chi connectivity index (χ1v) is 15.5. The molecule has 2 aromatic heterocycles. The lowest BCUT2D eigenvalue weighted by atomic mass is 9.93. The van der Waals surface area contributed by atoms with Crippen LogP contribution in [-0.4, -0.2) is 15.0 Å². The molecule has 8 aromatic rings. The van der Waals surface area contributed by atoms with Gasteiger partial charge in [-0.15, -0.1) is 0 Å². The number of aromatic nitrogens is 3. The summed E-state index contributed by atoms with van der Waals surface area (Å²) in [6.07, 6.45) is 3.70. The Kier molecular flexibility index (Phi) is 6.14. The highest BCUT2D eigenvalue weighted by Gasteiger charge is 2.22. The van der Waals surface area contributed by atoms with Gasteiger partial charge in [0.15, 0.2) is 5.82 Å². The van der Waals surface area contributed by atoms with Crippen molar-refractivity contribution < 1.29 is 0 Å². The second kappa shape index (κ2) is 10.8. The quantitative estimate of drug-likeness (QED) is 0.202. The van der Waals surface area contributed by atoms with E-state index >= 15 is 0 Å². The van der Waals surface area contributed by atoms with Crippen LogP contribution in [0, 0.1) is 0 Å². The zero-order chi connectivity index (χ0) is 30.5. The second-order valence-corrected chi connectivity index (χ2v) is 11.6. The number of hydrogen-bond acceptors (Lipinski definition) is 3. The molecule has 9 rings (SSSR count). The van der Waals surface area contributed by atoms with Crippen LogP contribution < -0.4 is 0 Å². The Morgan fingerprint density at radius 3 is 1.72 bits per heavy atom. The lowest BCUT2D eigenvalue weighted by Gasteiger charge is -2.13. The Labute approximate surface area is 267 Å². The van der Waals surface area contributed by atoms with E-state index in [-0.39, 0.29) is 0 Å². The number of pyridine rings is 1. The van der Waals surface area contributed by atoms with Gasteiger partial charge in [0.2, 0.25) is 0 Å². The fourth-order valence-corrected chi connectivity index (χ4v) is 6.81. The molecule has 0 N–H and O–H groups in total. The van der Waals surface area contributed by atoms with Crippen LogP contribution in [0.3, 0.4) is 0 Å². The van der Waals surface area contributed by atoms with E-state index in [1.54, 1.807) is 6.20 Å². The molecule has 6 aromatic carbocycles. The fourth-order valence-electron chi connectivity index (χ4n) is 6.81. The molecule has 0 spiro atoms. The van der Waals surface area contributed by atoms with Crippen LogP contribution in [0.5, 0.6) is 0 Å². The van der Waals surface area contributed by atoms with Gasteiger partial charge in [0, 0.05) is 34.6 Å². The minimum atomic E-state index is 0.699. The van der Waals surface area contributed by atoms with Gasteiger partial charge in [0.05, 0.1) is 11.4 Å². The van der Waals surface area contributed by atoms with Crippen molar-refractivity contribution in [2.24, 2.45) is 0 Å². The summed E-state index contributed by atoms with van der Waals surface area (Å²) in [6, 6.07) is 53.5. The summed E-state index contributed by atoms with van der Waals surface area (Å²) < 4.78 is 0. The summed E-state index contributed by atoms with van der Waals surface area (Å²) in [5.74, 6) is 0.699. The van der Waals surface area contributed by atoms with Gasteiger partial charge < -0.3 is 0 Å². The van der Waals surface area contributed by atoms with Crippen molar-refractivity contribution >= 4 is 10.8 Å². The van der Waals surface area contributed by atoms with Crippen LogP contribution in [0.15, 0.2) is 164 Å². The van der Waals surface area contributed by atoms with E-state index in [4.69, 9.17) is 9.97 Å². The van der Waals surface area contributed by atoms with E-state index in [1.165, 1.54) is 44.2 Å². The predicted molar refractivity (Wildman–Crippen MR) is 189 cm³/mol. The maximum Gasteiger partial charge on any atom is 0.160 e. The molecule has 0 fully saturated rings. The number of benzene rings is 6. The van der Waals surface area contributed by atoms with Gasteiger partial charge in [-0.1, -0.05) is 140 Å². The third-order valence-corrected chi connectivity index (χ3v) is 8.97. The Balaban J connectivity index is 1.16. The third kappa shape index (κ3) is 4.33. The molecule has 0 unspecified atom stereocenters. The molecule has 0 radical (unpaired) electrons. The van der Waals surface area contributed by atoms with Crippen LogP contribution in [0.4, 0.5) is 0 Å². The zero-order valence-corrected chi connectivity index (χ0v) is 24.9. The average molecular weight is 586 g/mol. The minimum absolute atomic E-state index is 0.699. The van der Waals surface area contributed by atoms with Crippen LogP contribution >= 0.6 is 0 Å². The van der Waals surface area contributed by atoms with Crippen molar-refractivity contribution in [1.29, 1.82) is 0 Å². The first-order chi connectivity index (χ1) is 22.8. The van der Waals surface area contributed by atoms with Crippen LogP contribution in [0.1, 0.15) is 0 Å². The smallest absolute Gasteiger partial charge is 0.160 e. The van der Waals surface area contributed by atoms with Gasteiger partial charge in [-0.2, -0.15) is 0 Å². The standard InChI is InChI=1S/C43H27N3/c1-2-10-30(11-3-1)43-45-40(26-41(46-43)36-16-7-4-13-32(36)31-12-9-25-44-27-31)29-21-19-28(20-22-29)33-23-24-39-35-15-6-5-14-34(35)38-18-8-17-37(33)42(38)39/h1-27H. The lowest BCUT2D eigenvalue weighted by molar-refractivity contribution is 1.18.